The monoisotopic (exact) mass is 786 g/mol. The predicted octanol–water partition coefficient (Wildman–Crippen LogP) is 6.11. The van der Waals surface area contributed by atoms with Crippen LogP contribution < -0.4 is 9.30 Å². The highest BCUT2D eigenvalue weighted by atomic mass is 35.5. The second kappa shape index (κ2) is 13.3. The zero-order chi connectivity index (χ0) is 39.2. The summed E-state index contributed by atoms with van der Waals surface area (Å²) in [4.78, 5) is 14.6. The van der Waals surface area contributed by atoms with Crippen LogP contribution in [0, 0.1) is 5.92 Å². The number of methoxy groups -OCH3 is 2. The van der Waals surface area contributed by atoms with Gasteiger partial charge in [-0.05, 0) is 56.2 Å². The van der Waals surface area contributed by atoms with Gasteiger partial charge in [0.05, 0.1) is 54.2 Å². The minimum absolute atomic E-state index is 0.0999. The van der Waals surface area contributed by atoms with E-state index in [1.807, 2.05) is 61.4 Å². The Hall–Kier alpha value is -6.06. The summed E-state index contributed by atoms with van der Waals surface area (Å²) in [6.07, 6.45) is 9.09. The van der Waals surface area contributed by atoms with Crippen LogP contribution in [0.3, 0.4) is 0 Å². The third-order valence-corrected chi connectivity index (χ3v) is 11.6. The number of aliphatic imine (C=N–C) groups is 1. The molecule has 0 fully saturated rings. The van der Waals surface area contributed by atoms with E-state index in [9.17, 15) is 0 Å². The third-order valence-electron chi connectivity index (χ3n) is 11.3. The van der Waals surface area contributed by atoms with Crippen LogP contribution in [0.2, 0.25) is 5.02 Å². The lowest BCUT2D eigenvalue weighted by Crippen LogP contribution is -2.37. The number of nitrogens with one attached hydrogen (secondary N) is 1. The number of imidazole rings is 2. The number of hydrogen-bond acceptors (Lipinski definition) is 10. The summed E-state index contributed by atoms with van der Waals surface area (Å²) in [6, 6.07) is 12.1. The lowest BCUT2D eigenvalue weighted by molar-refractivity contribution is -0.687. The van der Waals surface area contributed by atoms with Crippen molar-refractivity contribution in [1.82, 2.24) is 44.2 Å². The van der Waals surface area contributed by atoms with Gasteiger partial charge in [0.2, 0.25) is 23.7 Å². The first kappa shape index (κ1) is 35.4. The van der Waals surface area contributed by atoms with Gasteiger partial charge in [-0.1, -0.05) is 30.6 Å². The topological polar surface area (TPSA) is 152 Å². The molecule has 57 heavy (non-hydrogen) atoms. The van der Waals surface area contributed by atoms with E-state index in [0.717, 1.165) is 73.5 Å². The fraction of sp³-hybridized carbons (Fsp3) is 0.341. The van der Waals surface area contributed by atoms with Crippen molar-refractivity contribution in [1.29, 1.82) is 0 Å². The molecule has 10 rings (SSSR count). The fourth-order valence-electron chi connectivity index (χ4n) is 7.93. The standard InChI is InChI=1S/C41H41ClN11O4/c1-22(2)29-19-56-39(45-29)36-32-14-24-18-51(48-35(24)27-15-25(42)7-9-30(27)52(32)20-43-36)12-11-50-21-53-31-10-8-26(54-5)16-28(31)34-23(17-44-47-34)13-33(53)37(50)38-46-40(57-49-38)41(3,4)55-6/h7-10,15-18,20-22,29H,11-14,19H2,1-6H3,(H,44,47)/q+1/t29-/m1/s1. The summed E-state index contributed by atoms with van der Waals surface area (Å²) in [6.45, 7) is 9.77. The van der Waals surface area contributed by atoms with Crippen LogP contribution in [-0.4, -0.2) is 77.0 Å². The minimum atomic E-state index is -0.776. The molecule has 5 aromatic heterocycles. The van der Waals surface area contributed by atoms with E-state index < -0.39 is 5.60 Å². The van der Waals surface area contributed by atoms with Crippen molar-refractivity contribution in [3.8, 4) is 51.2 Å². The third kappa shape index (κ3) is 5.78. The molecule has 1 atom stereocenters. The van der Waals surface area contributed by atoms with Gasteiger partial charge in [-0.3, -0.25) is 9.78 Å². The number of halogens is 1. The molecule has 0 saturated carbocycles. The zero-order valence-electron chi connectivity index (χ0n) is 32.4. The van der Waals surface area contributed by atoms with E-state index >= 15 is 0 Å². The molecule has 0 radical (unpaired) electrons. The van der Waals surface area contributed by atoms with Crippen molar-refractivity contribution >= 4 is 17.5 Å². The molecule has 0 saturated heterocycles. The number of aryl methyl sites for hydroxylation is 2. The molecular formula is C41H41ClN11O4+. The van der Waals surface area contributed by atoms with Crippen molar-refractivity contribution in [2.24, 2.45) is 10.9 Å². The molecule has 2 aromatic carbocycles. The first-order valence-corrected chi connectivity index (χ1v) is 19.4. The first-order valence-electron chi connectivity index (χ1n) is 19.0. The Bertz CT molecular complexity index is 2730. The number of rotatable bonds is 9. The molecule has 0 unspecified atom stereocenters. The van der Waals surface area contributed by atoms with E-state index in [4.69, 9.17) is 50.4 Å². The molecule has 0 spiro atoms. The van der Waals surface area contributed by atoms with Gasteiger partial charge < -0.3 is 23.3 Å². The highest BCUT2D eigenvalue weighted by Crippen LogP contribution is 2.40. The molecular weight excluding hydrogens is 746 g/mol. The summed E-state index contributed by atoms with van der Waals surface area (Å²) in [5.41, 5.74) is 10.5. The van der Waals surface area contributed by atoms with Crippen molar-refractivity contribution < 1.29 is 23.3 Å². The highest BCUT2D eigenvalue weighted by Gasteiger charge is 2.37. The molecule has 290 valence electrons. The number of fused-ring (bicyclic) bond motifs is 10. The fourth-order valence-corrected chi connectivity index (χ4v) is 8.11. The van der Waals surface area contributed by atoms with Crippen LogP contribution in [0.1, 0.15) is 61.8 Å². The molecule has 0 amide bonds. The minimum Gasteiger partial charge on any atom is -0.497 e. The molecule has 16 heteroatoms. The van der Waals surface area contributed by atoms with E-state index in [1.54, 1.807) is 14.2 Å². The van der Waals surface area contributed by atoms with Gasteiger partial charge in [0.1, 0.15) is 42.2 Å². The largest absolute Gasteiger partial charge is 0.497 e. The van der Waals surface area contributed by atoms with Crippen LogP contribution in [0.15, 0.2) is 71.0 Å². The second-order valence-corrected chi connectivity index (χ2v) is 15.9. The zero-order valence-corrected chi connectivity index (χ0v) is 33.2. The summed E-state index contributed by atoms with van der Waals surface area (Å²) < 4.78 is 31.8. The van der Waals surface area contributed by atoms with Gasteiger partial charge in [-0.25, -0.2) is 14.5 Å². The van der Waals surface area contributed by atoms with Crippen LogP contribution in [-0.2, 0) is 41.0 Å². The van der Waals surface area contributed by atoms with Crippen molar-refractivity contribution in [3.63, 3.8) is 0 Å². The molecule has 3 aliphatic rings. The van der Waals surface area contributed by atoms with Gasteiger partial charge in [0, 0.05) is 47.9 Å². The van der Waals surface area contributed by atoms with E-state index in [2.05, 4.69) is 61.5 Å². The molecule has 0 bridgehead atoms. The highest BCUT2D eigenvalue weighted by molar-refractivity contribution is 6.31. The Kier molecular flexibility index (Phi) is 8.23. The number of hydrogen-bond donors (Lipinski definition) is 1. The summed E-state index contributed by atoms with van der Waals surface area (Å²) >= 11 is 6.63. The Morgan fingerprint density at radius 2 is 1.84 bits per heavy atom. The Morgan fingerprint density at radius 3 is 2.65 bits per heavy atom. The Balaban J connectivity index is 1.06. The van der Waals surface area contributed by atoms with Gasteiger partial charge in [0.25, 0.3) is 5.89 Å². The van der Waals surface area contributed by atoms with E-state index in [1.165, 1.54) is 0 Å². The number of benzene rings is 2. The molecule has 7 aromatic rings. The maximum atomic E-state index is 6.63. The molecule has 15 nitrogen and oxygen atoms in total. The maximum absolute atomic E-state index is 6.63. The molecule has 1 N–H and O–H groups in total. The number of nitrogens with zero attached hydrogens (tertiary/aromatic N) is 10. The average Bonchev–Trinajstić information content (AvgIpc) is 4.06. The second-order valence-electron chi connectivity index (χ2n) is 15.5. The van der Waals surface area contributed by atoms with Crippen LogP contribution >= 0.6 is 11.6 Å². The van der Waals surface area contributed by atoms with Crippen LogP contribution in [0.5, 0.6) is 5.75 Å². The smallest absolute Gasteiger partial charge is 0.258 e. The maximum Gasteiger partial charge on any atom is 0.258 e. The van der Waals surface area contributed by atoms with Gasteiger partial charge in [-0.2, -0.15) is 19.7 Å². The molecule has 8 heterocycles. The lowest BCUT2D eigenvalue weighted by atomic mass is 10.0. The van der Waals surface area contributed by atoms with Gasteiger partial charge in [0.15, 0.2) is 5.69 Å². The quantitative estimate of drug-likeness (QED) is 0.171. The summed E-state index contributed by atoms with van der Waals surface area (Å²) in [5, 5.41) is 18.0. The summed E-state index contributed by atoms with van der Waals surface area (Å²) in [5.74, 6) is 2.55. The summed E-state index contributed by atoms with van der Waals surface area (Å²) in [7, 11) is 3.30. The average molecular weight is 787 g/mol. The molecule has 3 aliphatic heterocycles. The predicted molar refractivity (Wildman–Crippen MR) is 210 cm³/mol. The lowest BCUT2D eigenvalue weighted by Gasteiger charge is -2.16. The van der Waals surface area contributed by atoms with Crippen molar-refractivity contribution in [3.05, 3.63) is 101 Å². The van der Waals surface area contributed by atoms with Gasteiger partial charge >= 0.3 is 0 Å². The van der Waals surface area contributed by atoms with Crippen molar-refractivity contribution in [2.45, 2.75) is 65.3 Å². The van der Waals surface area contributed by atoms with Crippen LogP contribution in [0.4, 0.5) is 0 Å². The van der Waals surface area contributed by atoms with E-state index in [-0.39, 0.29) is 6.04 Å². The number of H-pyrrole nitrogens is 1. The van der Waals surface area contributed by atoms with Crippen LogP contribution in [0.25, 0.3) is 45.4 Å². The normalized spacial score (nSPS) is 15.5. The first-order chi connectivity index (χ1) is 27.6. The SMILES string of the molecule is COc1ccc2c(c1)-c1[nH]ncc1Cc1c(-c3noc(C(C)(C)OC)n3)[n+](CCn3cc4c(n3)-c3cc(Cl)ccc3-n3cnc(C5=N[C@@H](C(C)C)CO5)c3C4)cn1-2. The Labute approximate surface area is 332 Å². The van der Waals surface area contributed by atoms with Crippen molar-refractivity contribution in [2.75, 3.05) is 20.8 Å². The number of aromatic nitrogens is 10. The Morgan fingerprint density at radius 1 is 1.02 bits per heavy atom. The molecule has 0 aliphatic carbocycles. The number of aromatic amines is 1. The van der Waals surface area contributed by atoms with E-state index in [0.29, 0.717) is 61.1 Å². The number of ether oxygens (including phenoxy) is 3. The van der Waals surface area contributed by atoms with Gasteiger partial charge in [-0.15, -0.1) is 0 Å².